The van der Waals surface area contributed by atoms with E-state index in [0.29, 0.717) is 6.54 Å². The highest BCUT2D eigenvalue weighted by Gasteiger charge is 2.12. The van der Waals surface area contributed by atoms with Crippen molar-refractivity contribution in [3.8, 4) is 0 Å². The van der Waals surface area contributed by atoms with Crippen LogP contribution in [0.2, 0.25) is 0 Å². The third-order valence-electron chi connectivity index (χ3n) is 2.48. The molecule has 16 heavy (non-hydrogen) atoms. The maximum Gasteiger partial charge on any atom is 0.211 e. The van der Waals surface area contributed by atoms with E-state index in [1.165, 1.54) is 5.57 Å². The van der Waals surface area contributed by atoms with Gasteiger partial charge in [0.05, 0.1) is 5.75 Å². The van der Waals surface area contributed by atoms with E-state index in [0.717, 1.165) is 25.9 Å². The lowest BCUT2D eigenvalue weighted by atomic mass is 10.1. The molecule has 0 aliphatic carbocycles. The van der Waals surface area contributed by atoms with E-state index < -0.39 is 10.0 Å². The molecule has 0 unspecified atom stereocenters. The zero-order valence-electron chi connectivity index (χ0n) is 10.1. The molecule has 0 radical (unpaired) electrons. The van der Waals surface area contributed by atoms with Crippen molar-refractivity contribution >= 4 is 10.0 Å². The number of rotatable bonds is 6. The van der Waals surface area contributed by atoms with E-state index in [4.69, 9.17) is 0 Å². The lowest BCUT2D eigenvalue weighted by Crippen LogP contribution is -2.30. The van der Waals surface area contributed by atoms with Crippen LogP contribution < -0.4 is 10.0 Å². The topological polar surface area (TPSA) is 58.2 Å². The fraction of sp³-hybridized carbons (Fsp3) is 0.818. The van der Waals surface area contributed by atoms with Crippen LogP contribution in [0, 0.1) is 5.92 Å². The first-order chi connectivity index (χ1) is 7.49. The molecule has 1 rings (SSSR count). The van der Waals surface area contributed by atoms with Gasteiger partial charge in [0.25, 0.3) is 0 Å². The average molecular weight is 246 g/mol. The van der Waals surface area contributed by atoms with Crippen LogP contribution in [0.15, 0.2) is 11.6 Å². The Balaban J connectivity index is 2.26. The van der Waals surface area contributed by atoms with Gasteiger partial charge in [-0.15, -0.1) is 0 Å². The number of sulfonamides is 1. The smallest absolute Gasteiger partial charge is 0.211 e. The molecule has 0 aromatic rings. The van der Waals surface area contributed by atoms with Gasteiger partial charge in [-0.05, 0) is 25.3 Å². The molecule has 1 aliphatic heterocycles. The Kier molecular flexibility index (Phi) is 5.44. The van der Waals surface area contributed by atoms with E-state index in [1.807, 2.05) is 13.8 Å². The summed E-state index contributed by atoms with van der Waals surface area (Å²) in [5, 5.41) is 3.23. The summed E-state index contributed by atoms with van der Waals surface area (Å²) in [7, 11) is -3.07. The Hall–Kier alpha value is -0.390. The number of nitrogens with one attached hydrogen (secondary N) is 2. The Labute approximate surface area is 98.6 Å². The molecule has 0 aromatic carbocycles. The predicted molar refractivity (Wildman–Crippen MR) is 66.8 cm³/mol. The van der Waals surface area contributed by atoms with Crippen LogP contribution in [0.25, 0.3) is 0 Å². The highest BCUT2D eigenvalue weighted by atomic mass is 32.2. The average Bonchev–Trinajstić information content (AvgIpc) is 2.16. The van der Waals surface area contributed by atoms with Gasteiger partial charge in [-0.2, -0.15) is 0 Å². The molecule has 0 aromatic heterocycles. The molecule has 0 saturated heterocycles. The van der Waals surface area contributed by atoms with E-state index in [2.05, 4.69) is 16.1 Å². The van der Waals surface area contributed by atoms with Crippen molar-refractivity contribution in [1.82, 2.24) is 10.0 Å². The molecule has 1 heterocycles. The third kappa shape index (κ3) is 5.63. The highest BCUT2D eigenvalue weighted by Crippen LogP contribution is 2.08. The summed E-state index contributed by atoms with van der Waals surface area (Å²) in [4.78, 5) is 0. The second-order valence-electron chi connectivity index (χ2n) is 4.64. The highest BCUT2D eigenvalue weighted by molar-refractivity contribution is 7.89. The Morgan fingerprint density at radius 3 is 2.81 bits per heavy atom. The van der Waals surface area contributed by atoms with Crippen LogP contribution in [0.1, 0.15) is 26.7 Å². The zero-order chi connectivity index (χ0) is 12.0. The molecule has 0 amide bonds. The van der Waals surface area contributed by atoms with Crippen LogP contribution in [0.4, 0.5) is 0 Å². The lowest BCUT2D eigenvalue weighted by molar-refractivity contribution is 0.567. The predicted octanol–water partition coefficient (Wildman–Crippen LogP) is 0.872. The molecule has 2 N–H and O–H groups in total. The van der Waals surface area contributed by atoms with E-state index >= 15 is 0 Å². The summed E-state index contributed by atoms with van der Waals surface area (Å²) < 4.78 is 25.7. The summed E-state index contributed by atoms with van der Waals surface area (Å²) >= 11 is 0. The van der Waals surface area contributed by atoms with Gasteiger partial charge in [-0.1, -0.05) is 25.5 Å². The van der Waals surface area contributed by atoms with Crippen molar-refractivity contribution in [2.45, 2.75) is 26.7 Å². The van der Waals surface area contributed by atoms with Crippen LogP contribution >= 0.6 is 0 Å². The molecular weight excluding hydrogens is 224 g/mol. The minimum atomic E-state index is -3.07. The normalized spacial score (nSPS) is 17.6. The molecule has 0 saturated carbocycles. The Bertz CT molecular complexity index is 334. The largest absolute Gasteiger partial charge is 0.313 e. The SMILES string of the molecule is CC(C)CS(=O)(=O)NCCC1=CCNCC1. The molecule has 0 fully saturated rings. The van der Waals surface area contributed by atoms with Crippen LogP contribution in [-0.2, 0) is 10.0 Å². The summed E-state index contributed by atoms with van der Waals surface area (Å²) in [5.41, 5.74) is 1.35. The first-order valence-corrected chi connectivity index (χ1v) is 7.51. The molecular formula is C11H22N2O2S. The van der Waals surface area contributed by atoms with Crippen molar-refractivity contribution in [3.63, 3.8) is 0 Å². The van der Waals surface area contributed by atoms with E-state index in [1.54, 1.807) is 0 Å². The monoisotopic (exact) mass is 246 g/mol. The number of hydrogen-bond donors (Lipinski definition) is 2. The minimum absolute atomic E-state index is 0.176. The van der Waals surface area contributed by atoms with E-state index in [9.17, 15) is 8.42 Å². The summed E-state index contributed by atoms with van der Waals surface area (Å²) in [6.45, 7) is 6.27. The van der Waals surface area contributed by atoms with Crippen molar-refractivity contribution in [3.05, 3.63) is 11.6 Å². The Morgan fingerprint density at radius 2 is 2.25 bits per heavy atom. The van der Waals surface area contributed by atoms with Crippen LogP contribution in [-0.4, -0.2) is 33.8 Å². The molecule has 0 atom stereocenters. The van der Waals surface area contributed by atoms with Gasteiger partial charge in [0, 0.05) is 13.1 Å². The molecule has 1 aliphatic rings. The molecule has 0 spiro atoms. The van der Waals surface area contributed by atoms with Crippen LogP contribution in [0.3, 0.4) is 0 Å². The maximum absolute atomic E-state index is 11.5. The quantitative estimate of drug-likeness (QED) is 0.684. The van der Waals surface area contributed by atoms with Gasteiger partial charge >= 0.3 is 0 Å². The molecule has 94 valence electrons. The second-order valence-corrected chi connectivity index (χ2v) is 6.49. The molecule has 4 nitrogen and oxygen atoms in total. The lowest BCUT2D eigenvalue weighted by Gasteiger charge is -2.14. The van der Waals surface area contributed by atoms with Crippen LogP contribution in [0.5, 0.6) is 0 Å². The second kappa shape index (κ2) is 6.37. The van der Waals surface area contributed by atoms with Gasteiger partial charge in [0.1, 0.15) is 0 Å². The summed E-state index contributed by atoms with van der Waals surface area (Å²) in [6.07, 6.45) is 4.02. The van der Waals surface area contributed by atoms with Gasteiger partial charge < -0.3 is 5.32 Å². The molecule has 5 heteroatoms. The fourth-order valence-electron chi connectivity index (χ4n) is 1.76. The van der Waals surface area contributed by atoms with Gasteiger partial charge in [0.2, 0.25) is 10.0 Å². The fourth-order valence-corrected chi connectivity index (χ4v) is 3.17. The maximum atomic E-state index is 11.5. The minimum Gasteiger partial charge on any atom is -0.313 e. The van der Waals surface area contributed by atoms with Gasteiger partial charge in [0.15, 0.2) is 0 Å². The molecule has 0 bridgehead atoms. The zero-order valence-corrected chi connectivity index (χ0v) is 10.9. The van der Waals surface area contributed by atoms with E-state index in [-0.39, 0.29) is 11.7 Å². The van der Waals surface area contributed by atoms with Crippen molar-refractivity contribution < 1.29 is 8.42 Å². The Morgan fingerprint density at radius 1 is 1.50 bits per heavy atom. The van der Waals surface area contributed by atoms with Crippen molar-refractivity contribution in [2.24, 2.45) is 5.92 Å². The first-order valence-electron chi connectivity index (χ1n) is 5.85. The third-order valence-corrected chi connectivity index (χ3v) is 4.23. The summed E-state index contributed by atoms with van der Waals surface area (Å²) in [6, 6.07) is 0. The number of hydrogen-bond acceptors (Lipinski definition) is 3. The summed E-state index contributed by atoms with van der Waals surface area (Å²) in [5.74, 6) is 0.392. The first kappa shape index (κ1) is 13.7. The van der Waals surface area contributed by atoms with Crippen molar-refractivity contribution in [2.75, 3.05) is 25.4 Å². The van der Waals surface area contributed by atoms with Gasteiger partial charge in [-0.25, -0.2) is 13.1 Å². The van der Waals surface area contributed by atoms with Gasteiger partial charge in [-0.3, -0.25) is 0 Å². The standard InChI is InChI=1S/C11H22N2O2S/c1-10(2)9-16(14,15)13-8-5-11-3-6-12-7-4-11/h3,10,12-13H,4-9H2,1-2H3. The van der Waals surface area contributed by atoms with Crippen molar-refractivity contribution in [1.29, 1.82) is 0 Å².